The van der Waals surface area contributed by atoms with Gasteiger partial charge in [0.1, 0.15) is 11.6 Å². The van der Waals surface area contributed by atoms with Gasteiger partial charge >= 0.3 is 0 Å². The highest BCUT2D eigenvalue weighted by molar-refractivity contribution is 5.38. The van der Waals surface area contributed by atoms with Crippen LogP contribution < -0.4 is 10.1 Å². The van der Waals surface area contributed by atoms with Crippen LogP contribution in [0.3, 0.4) is 0 Å². The van der Waals surface area contributed by atoms with Crippen molar-refractivity contribution in [1.29, 1.82) is 0 Å². The van der Waals surface area contributed by atoms with Gasteiger partial charge in [-0.25, -0.2) is 4.98 Å². The molecule has 102 valence electrons. The van der Waals surface area contributed by atoms with Crippen LogP contribution in [0, 0.1) is 0 Å². The second-order valence-electron chi connectivity index (χ2n) is 3.98. The summed E-state index contributed by atoms with van der Waals surface area (Å²) in [7, 11) is 1.69. The van der Waals surface area contributed by atoms with E-state index in [1.807, 2.05) is 13.0 Å². The first kappa shape index (κ1) is 14.7. The summed E-state index contributed by atoms with van der Waals surface area (Å²) >= 11 is 0. The molecule has 1 heterocycles. The maximum absolute atomic E-state index is 5.60. The van der Waals surface area contributed by atoms with E-state index >= 15 is 0 Å². The molecule has 1 aromatic heterocycles. The monoisotopic (exact) mass is 253 g/mol. The normalized spacial score (nSPS) is 10.4. The number of nitrogens with zero attached hydrogens (tertiary/aromatic N) is 2. The molecular formula is C13H23N3O2. The van der Waals surface area contributed by atoms with Gasteiger partial charge in [0, 0.05) is 39.2 Å². The average molecular weight is 253 g/mol. The van der Waals surface area contributed by atoms with Crippen molar-refractivity contribution >= 4 is 5.82 Å². The highest BCUT2D eigenvalue weighted by Crippen LogP contribution is 2.14. The van der Waals surface area contributed by atoms with E-state index in [1.54, 1.807) is 7.11 Å². The van der Waals surface area contributed by atoms with E-state index in [-0.39, 0.29) is 0 Å². The number of ether oxygens (including phenoxy) is 2. The van der Waals surface area contributed by atoms with Gasteiger partial charge in [-0.15, -0.1) is 0 Å². The molecule has 0 aliphatic heterocycles. The molecule has 0 aromatic carbocycles. The standard InChI is InChI=1S/C13H23N3O2/c1-4-7-14-12-10-13(16-11(5-2)15-12)18-9-6-8-17-3/h10H,4-9H2,1-3H3,(H,14,15,16). The molecule has 0 amide bonds. The first-order valence-corrected chi connectivity index (χ1v) is 6.53. The SMILES string of the molecule is CCCNc1cc(OCCCOC)nc(CC)n1. The van der Waals surface area contributed by atoms with Gasteiger partial charge in [0.2, 0.25) is 5.88 Å². The lowest BCUT2D eigenvalue weighted by molar-refractivity contribution is 0.170. The predicted molar refractivity (Wildman–Crippen MR) is 72.2 cm³/mol. The van der Waals surface area contributed by atoms with Crippen LogP contribution in [-0.2, 0) is 11.2 Å². The van der Waals surface area contributed by atoms with Crippen molar-refractivity contribution in [2.75, 3.05) is 32.2 Å². The molecular weight excluding hydrogens is 230 g/mol. The van der Waals surface area contributed by atoms with Crippen molar-refractivity contribution in [3.05, 3.63) is 11.9 Å². The third-order valence-electron chi connectivity index (χ3n) is 2.36. The fourth-order valence-corrected chi connectivity index (χ4v) is 1.43. The lowest BCUT2D eigenvalue weighted by Gasteiger charge is -2.09. The number of aryl methyl sites for hydroxylation is 1. The van der Waals surface area contributed by atoms with E-state index in [2.05, 4.69) is 22.2 Å². The van der Waals surface area contributed by atoms with Crippen molar-refractivity contribution in [3.8, 4) is 5.88 Å². The molecule has 0 aliphatic carbocycles. The zero-order valence-electron chi connectivity index (χ0n) is 11.5. The highest BCUT2D eigenvalue weighted by atomic mass is 16.5. The Labute approximate surface area is 109 Å². The Morgan fingerprint density at radius 1 is 1.22 bits per heavy atom. The highest BCUT2D eigenvalue weighted by Gasteiger charge is 2.04. The molecule has 5 nitrogen and oxygen atoms in total. The quantitative estimate of drug-likeness (QED) is 0.684. The number of hydrogen-bond acceptors (Lipinski definition) is 5. The molecule has 1 N–H and O–H groups in total. The molecule has 0 spiro atoms. The van der Waals surface area contributed by atoms with Crippen molar-refractivity contribution in [3.63, 3.8) is 0 Å². The van der Waals surface area contributed by atoms with Crippen molar-refractivity contribution in [1.82, 2.24) is 9.97 Å². The minimum Gasteiger partial charge on any atom is -0.477 e. The van der Waals surface area contributed by atoms with Crippen LogP contribution in [0.15, 0.2) is 6.07 Å². The molecule has 1 rings (SSSR count). The average Bonchev–Trinajstić information content (AvgIpc) is 2.41. The smallest absolute Gasteiger partial charge is 0.218 e. The summed E-state index contributed by atoms with van der Waals surface area (Å²) in [6.07, 6.45) is 2.73. The van der Waals surface area contributed by atoms with Crippen LogP contribution in [0.5, 0.6) is 5.88 Å². The van der Waals surface area contributed by atoms with E-state index in [9.17, 15) is 0 Å². The molecule has 0 atom stereocenters. The van der Waals surface area contributed by atoms with Crippen LogP contribution in [0.1, 0.15) is 32.5 Å². The number of rotatable bonds is 9. The third kappa shape index (κ3) is 5.31. The van der Waals surface area contributed by atoms with E-state index in [1.165, 1.54) is 0 Å². The van der Waals surface area contributed by atoms with E-state index in [4.69, 9.17) is 9.47 Å². The van der Waals surface area contributed by atoms with Crippen molar-refractivity contribution in [2.24, 2.45) is 0 Å². The minimum atomic E-state index is 0.612. The Bertz CT molecular complexity index is 345. The molecule has 0 bridgehead atoms. The van der Waals surface area contributed by atoms with Crippen LogP contribution in [0.25, 0.3) is 0 Å². The lowest BCUT2D eigenvalue weighted by atomic mass is 10.4. The zero-order valence-corrected chi connectivity index (χ0v) is 11.5. The summed E-state index contributed by atoms with van der Waals surface area (Å²) in [5.74, 6) is 2.28. The van der Waals surface area contributed by atoms with Crippen LogP contribution >= 0.6 is 0 Å². The number of hydrogen-bond donors (Lipinski definition) is 1. The minimum absolute atomic E-state index is 0.612. The molecule has 0 fully saturated rings. The Morgan fingerprint density at radius 3 is 2.72 bits per heavy atom. The Hall–Kier alpha value is -1.36. The van der Waals surface area contributed by atoms with Gasteiger partial charge in [-0.3, -0.25) is 0 Å². The summed E-state index contributed by atoms with van der Waals surface area (Å²) in [4.78, 5) is 8.75. The van der Waals surface area contributed by atoms with Gasteiger partial charge in [-0.2, -0.15) is 4.98 Å². The summed E-state index contributed by atoms with van der Waals surface area (Å²) in [5, 5.41) is 3.26. The first-order valence-electron chi connectivity index (χ1n) is 6.53. The van der Waals surface area contributed by atoms with Gasteiger partial charge in [0.05, 0.1) is 6.61 Å². The molecule has 0 radical (unpaired) electrons. The van der Waals surface area contributed by atoms with Gasteiger partial charge < -0.3 is 14.8 Å². The molecule has 0 unspecified atom stereocenters. The van der Waals surface area contributed by atoms with Crippen molar-refractivity contribution in [2.45, 2.75) is 33.1 Å². The Kier molecular flexibility index (Phi) is 7.10. The van der Waals surface area contributed by atoms with Gasteiger partial charge in [0.15, 0.2) is 0 Å². The third-order valence-corrected chi connectivity index (χ3v) is 2.36. The molecule has 0 saturated heterocycles. The predicted octanol–water partition coefficient (Wildman–Crippen LogP) is 2.28. The zero-order chi connectivity index (χ0) is 13.2. The van der Waals surface area contributed by atoms with Gasteiger partial charge in [0.25, 0.3) is 0 Å². The van der Waals surface area contributed by atoms with E-state index < -0.39 is 0 Å². The second kappa shape index (κ2) is 8.69. The lowest BCUT2D eigenvalue weighted by Crippen LogP contribution is -2.08. The van der Waals surface area contributed by atoms with E-state index in [0.29, 0.717) is 19.1 Å². The molecule has 18 heavy (non-hydrogen) atoms. The summed E-state index contributed by atoms with van der Waals surface area (Å²) in [6.45, 7) is 6.38. The topological polar surface area (TPSA) is 56.3 Å². The van der Waals surface area contributed by atoms with Crippen LogP contribution in [-0.4, -0.2) is 36.8 Å². The van der Waals surface area contributed by atoms with Crippen molar-refractivity contribution < 1.29 is 9.47 Å². The number of methoxy groups -OCH3 is 1. The van der Waals surface area contributed by atoms with Crippen LogP contribution in [0.2, 0.25) is 0 Å². The Balaban J connectivity index is 2.58. The maximum atomic E-state index is 5.60. The summed E-state index contributed by atoms with van der Waals surface area (Å²) in [6, 6.07) is 1.85. The van der Waals surface area contributed by atoms with Crippen LogP contribution in [0.4, 0.5) is 5.82 Å². The van der Waals surface area contributed by atoms with Gasteiger partial charge in [-0.1, -0.05) is 13.8 Å². The number of nitrogens with one attached hydrogen (secondary N) is 1. The van der Waals surface area contributed by atoms with E-state index in [0.717, 1.165) is 37.4 Å². The molecule has 5 heteroatoms. The molecule has 0 saturated carbocycles. The largest absolute Gasteiger partial charge is 0.477 e. The number of aromatic nitrogens is 2. The molecule has 1 aromatic rings. The fraction of sp³-hybridized carbons (Fsp3) is 0.692. The molecule has 0 aliphatic rings. The number of anilines is 1. The summed E-state index contributed by atoms with van der Waals surface area (Å²) < 4.78 is 10.6. The second-order valence-corrected chi connectivity index (χ2v) is 3.98. The Morgan fingerprint density at radius 2 is 2.06 bits per heavy atom. The first-order chi connectivity index (χ1) is 8.80. The fourth-order valence-electron chi connectivity index (χ4n) is 1.43. The maximum Gasteiger partial charge on any atom is 0.218 e. The summed E-state index contributed by atoms with van der Waals surface area (Å²) in [5.41, 5.74) is 0. The van der Waals surface area contributed by atoms with Gasteiger partial charge in [-0.05, 0) is 6.42 Å².